The summed E-state index contributed by atoms with van der Waals surface area (Å²) in [6, 6.07) is 11.4. The number of benzene rings is 2. The molecule has 4 rings (SSSR count). The molecule has 3 aromatic rings. The van der Waals surface area contributed by atoms with E-state index in [1.807, 2.05) is 4.90 Å². The van der Waals surface area contributed by atoms with Gasteiger partial charge in [0.1, 0.15) is 0 Å². The zero-order valence-electron chi connectivity index (χ0n) is 15.4. The van der Waals surface area contributed by atoms with Crippen molar-refractivity contribution in [1.29, 1.82) is 0 Å². The summed E-state index contributed by atoms with van der Waals surface area (Å²) in [6.45, 7) is 2.32. The van der Waals surface area contributed by atoms with Crippen LogP contribution < -0.4 is 10.2 Å². The smallest absolute Gasteiger partial charge is 0.270 e. The molecule has 0 spiro atoms. The van der Waals surface area contributed by atoms with Crippen molar-refractivity contribution >= 4 is 23.0 Å². The Bertz CT molecular complexity index is 1010. The van der Waals surface area contributed by atoms with E-state index in [1.54, 1.807) is 36.5 Å². The molecule has 1 saturated heterocycles. The van der Waals surface area contributed by atoms with Gasteiger partial charge in [0.25, 0.3) is 11.6 Å². The van der Waals surface area contributed by atoms with Crippen LogP contribution in [0.1, 0.15) is 10.4 Å². The molecule has 29 heavy (non-hydrogen) atoms. The summed E-state index contributed by atoms with van der Waals surface area (Å²) in [5, 5.41) is 14.0. The van der Waals surface area contributed by atoms with E-state index in [0.717, 1.165) is 5.56 Å². The van der Waals surface area contributed by atoms with E-state index < -0.39 is 10.8 Å². The fraction of sp³-hybridized carbons (Fsp3) is 0.200. The zero-order chi connectivity index (χ0) is 20.2. The summed E-state index contributed by atoms with van der Waals surface area (Å²) in [4.78, 5) is 29.5. The van der Waals surface area contributed by atoms with Gasteiger partial charge in [-0.1, -0.05) is 0 Å². The van der Waals surface area contributed by atoms with Crippen LogP contribution in [0.25, 0.3) is 11.3 Å². The number of rotatable bonds is 5. The number of nitrogens with one attached hydrogen (secondary N) is 1. The van der Waals surface area contributed by atoms with Gasteiger partial charge in [-0.25, -0.2) is 4.98 Å². The van der Waals surface area contributed by atoms with Crippen LogP contribution in [-0.4, -0.2) is 42.1 Å². The van der Waals surface area contributed by atoms with Crippen LogP contribution in [0.5, 0.6) is 0 Å². The molecule has 0 bridgehead atoms. The average molecular weight is 394 g/mol. The quantitative estimate of drug-likeness (QED) is 0.522. The van der Waals surface area contributed by atoms with E-state index >= 15 is 0 Å². The lowest BCUT2D eigenvalue weighted by Crippen LogP contribution is -2.37. The molecule has 2 heterocycles. The minimum atomic E-state index is -0.508. The highest BCUT2D eigenvalue weighted by Crippen LogP contribution is 2.28. The van der Waals surface area contributed by atoms with Gasteiger partial charge in [-0.3, -0.25) is 14.9 Å². The topological polar surface area (TPSA) is 111 Å². The molecule has 0 saturated carbocycles. The number of anilines is 2. The third-order valence-corrected chi connectivity index (χ3v) is 4.65. The first-order chi connectivity index (χ1) is 14.1. The molecule has 1 aromatic heterocycles. The number of oxazole rings is 1. The maximum Gasteiger partial charge on any atom is 0.270 e. The van der Waals surface area contributed by atoms with Gasteiger partial charge in [-0.15, -0.1) is 0 Å². The van der Waals surface area contributed by atoms with Gasteiger partial charge < -0.3 is 19.4 Å². The Hall–Kier alpha value is -3.72. The van der Waals surface area contributed by atoms with Gasteiger partial charge in [0, 0.05) is 36.5 Å². The normalized spacial score (nSPS) is 13.9. The SMILES string of the molecule is O=C(Nc1ccc(-c2cnco2)cc1)c1cc([N+](=O)[O-])ccc1N1CCOCC1. The number of morpholine rings is 1. The van der Waals surface area contributed by atoms with Gasteiger partial charge in [0.05, 0.1) is 35.6 Å². The van der Waals surface area contributed by atoms with E-state index in [9.17, 15) is 14.9 Å². The van der Waals surface area contributed by atoms with Gasteiger partial charge >= 0.3 is 0 Å². The number of ether oxygens (including phenoxy) is 1. The fourth-order valence-electron chi connectivity index (χ4n) is 3.17. The number of hydrogen-bond donors (Lipinski definition) is 1. The van der Waals surface area contributed by atoms with E-state index in [4.69, 9.17) is 9.15 Å². The Morgan fingerprint density at radius 2 is 1.90 bits per heavy atom. The lowest BCUT2D eigenvalue weighted by Gasteiger charge is -2.30. The maximum absolute atomic E-state index is 12.9. The minimum absolute atomic E-state index is 0.132. The average Bonchev–Trinajstić information content (AvgIpc) is 3.29. The van der Waals surface area contributed by atoms with Crippen LogP contribution in [0, 0.1) is 10.1 Å². The number of aromatic nitrogens is 1. The molecular weight excluding hydrogens is 376 g/mol. The molecule has 148 valence electrons. The number of nitro groups is 1. The minimum Gasteiger partial charge on any atom is -0.444 e. The summed E-state index contributed by atoms with van der Waals surface area (Å²) < 4.78 is 10.6. The van der Waals surface area contributed by atoms with Crippen LogP contribution in [0.4, 0.5) is 17.1 Å². The highest BCUT2D eigenvalue weighted by Gasteiger charge is 2.22. The van der Waals surface area contributed by atoms with Crippen LogP contribution >= 0.6 is 0 Å². The second-order valence-electron chi connectivity index (χ2n) is 6.46. The Balaban J connectivity index is 1.59. The summed E-state index contributed by atoms with van der Waals surface area (Å²) >= 11 is 0. The van der Waals surface area contributed by atoms with Crippen LogP contribution in [0.2, 0.25) is 0 Å². The lowest BCUT2D eigenvalue weighted by atomic mass is 10.1. The molecule has 1 amide bonds. The number of amides is 1. The highest BCUT2D eigenvalue weighted by atomic mass is 16.6. The first kappa shape index (κ1) is 18.6. The molecule has 9 heteroatoms. The van der Waals surface area contributed by atoms with E-state index in [1.165, 1.54) is 18.5 Å². The third kappa shape index (κ3) is 4.09. The fourth-order valence-corrected chi connectivity index (χ4v) is 3.17. The Kier molecular flexibility index (Phi) is 5.21. The van der Waals surface area contributed by atoms with Gasteiger partial charge in [0.2, 0.25) is 0 Å². The Labute approximate surface area is 166 Å². The van der Waals surface area contributed by atoms with Crippen molar-refractivity contribution in [2.45, 2.75) is 0 Å². The van der Waals surface area contributed by atoms with Crippen molar-refractivity contribution in [3.63, 3.8) is 0 Å². The summed E-state index contributed by atoms with van der Waals surface area (Å²) in [6.07, 6.45) is 2.95. The van der Waals surface area contributed by atoms with E-state index in [0.29, 0.717) is 43.4 Å². The van der Waals surface area contributed by atoms with Crippen molar-refractivity contribution in [2.75, 3.05) is 36.5 Å². The Morgan fingerprint density at radius 3 is 2.55 bits per heavy atom. The summed E-state index contributed by atoms with van der Waals surface area (Å²) in [5.74, 6) is 0.207. The predicted molar refractivity (Wildman–Crippen MR) is 106 cm³/mol. The van der Waals surface area contributed by atoms with Crippen molar-refractivity contribution in [3.05, 3.63) is 70.7 Å². The number of nitro benzene ring substituents is 1. The molecule has 2 aromatic carbocycles. The van der Waals surface area contributed by atoms with Crippen molar-refractivity contribution in [1.82, 2.24) is 4.98 Å². The van der Waals surface area contributed by atoms with Crippen LogP contribution in [0.15, 0.2) is 59.5 Å². The molecule has 1 aliphatic heterocycles. The summed E-state index contributed by atoms with van der Waals surface area (Å²) in [7, 11) is 0. The zero-order valence-corrected chi connectivity index (χ0v) is 15.4. The highest BCUT2D eigenvalue weighted by molar-refractivity contribution is 6.08. The maximum atomic E-state index is 12.9. The number of carbonyl (C=O) groups excluding carboxylic acids is 1. The molecular formula is C20H18N4O5. The number of nitrogens with zero attached hydrogens (tertiary/aromatic N) is 3. The Morgan fingerprint density at radius 1 is 1.14 bits per heavy atom. The lowest BCUT2D eigenvalue weighted by molar-refractivity contribution is -0.384. The van der Waals surface area contributed by atoms with E-state index in [2.05, 4.69) is 10.3 Å². The van der Waals surface area contributed by atoms with Gasteiger partial charge in [0.15, 0.2) is 12.2 Å². The molecule has 1 fully saturated rings. The molecule has 0 radical (unpaired) electrons. The third-order valence-electron chi connectivity index (χ3n) is 4.65. The molecule has 0 aliphatic carbocycles. The van der Waals surface area contributed by atoms with Crippen molar-refractivity contribution in [2.24, 2.45) is 0 Å². The second kappa shape index (κ2) is 8.11. The second-order valence-corrected chi connectivity index (χ2v) is 6.46. The van der Waals surface area contributed by atoms with Gasteiger partial charge in [-0.05, 0) is 30.3 Å². The van der Waals surface area contributed by atoms with Crippen molar-refractivity contribution < 1.29 is 18.9 Å². The first-order valence-corrected chi connectivity index (χ1v) is 9.03. The number of non-ortho nitro benzene ring substituents is 1. The largest absolute Gasteiger partial charge is 0.444 e. The molecule has 1 aliphatic rings. The standard InChI is InChI=1S/C20H18N4O5/c25-20(22-15-3-1-14(2-4-15)19-12-21-13-29-19)17-11-16(24(26)27)5-6-18(17)23-7-9-28-10-8-23/h1-6,11-13H,7-10H2,(H,22,25). The number of hydrogen-bond acceptors (Lipinski definition) is 7. The number of carbonyl (C=O) groups is 1. The monoisotopic (exact) mass is 394 g/mol. The van der Waals surface area contributed by atoms with Gasteiger partial charge in [-0.2, -0.15) is 0 Å². The molecule has 0 unspecified atom stereocenters. The molecule has 0 atom stereocenters. The van der Waals surface area contributed by atoms with Crippen LogP contribution in [0.3, 0.4) is 0 Å². The van der Waals surface area contributed by atoms with Crippen LogP contribution in [-0.2, 0) is 4.74 Å². The van der Waals surface area contributed by atoms with E-state index in [-0.39, 0.29) is 11.3 Å². The molecule has 9 nitrogen and oxygen atoms in total. The van der Waals surface area contributed by atoms with Crippen molar-refractivity contribution in [3.8, 4) is 11.3 Å². The summed E-state index contributed by atoms with van der Waals surface area (Å²) in [5.41, 5.74) is 2.16. The predicted octanol–water partition coefficient (Wildman–Crippen LogP) is 3.34. The first-order valence-electron chi connectivity index (χ1n) is 9.03. The molecule has 1 N–H and O–H groups in total.